The SMILES string of the molecule is CN(C)c1ccc(N)cc1C(=O)N(CC1CC1)CC1CC1. The fourth-order valence-corrected chi connectivity index (χ4v) is 2.75. The van der Waals surface area contributed by atoms with E-state index in [1.807, 2.05) is 37.2 Å². The van der Waals surface area contributed by atoms with E-state index < -0.39 is 0 Å². The zero-order valence-corrected chi connectivity index (χ0v) is 13.0. The van der Waals surface area contributed by atoms with Gasteiger partial charge in [0.2, 0.25) is 0 Å². The molecule has 0 aromatic heterocycles. The van der Waals surface area contributed by atoms with Crippen LogP contribution in [0.25, 0.3) is 0 Å². The van der Waals surface area contributed by atoms with Gasteiger partial charge < -0.3 is 15.5 Å². The molecule has 2 aliphatic carbocycles. The summed E-state index contributed by atoms with van der Waals surface area (Å²) in [5, 5.41) is 0. The molecule has 0 radical (unpaired) electrons. The van der Waals surface area contributed by atoms with Gasteiger partial charge in [0.05, 0.1) is 5.56 Å². The topological polar surface area (TPSA) is 49.6 Å². The quantitative estimate of drug-likeness (QED) is 0.818. The van der Waals surface area contributed by atoms with E-state index >= 15 is 0 Å². The van der Waals surface area contributed by atoms with Crippen molar-refractivity contribution in [2.75, 3.05) is 37.8 Å². The number of anilines is 2. The van der Waals surface area contributed by atoms with Crippen molar-refractivity contribution in [2.45, 2.75) is 25.7 Å². The van der Waals surface area contributed by atoms with Crippen LogP contribution in [0.15, 0.2) is 18.2 Å². The van der Waals surface area contributed by atoms with Gasteiger partial charge >= 0.3 is 0 Å². The Bertz CT molecular complexity index is 519. The lowest BCUT2D eigenvalue weighted by atomic mass is 10.1. The third kappa shape index (κ3) is 3.49. The van der Waals surface area contributed by atoms with Crippen molar-refractivity contribution < 1.29 is 4.79 Å². The number of hydrogen-bond acceptors (Lipinski definition) is 3. The van der Waals surface area contributed by atoms with E-state index in [1.165, 1.54) is 25.7 Å². The number of carbonyl (C=O) groups excluding carboxylic acids is 1. The summed E-state index contributed by atoms with van der Waals surface area (Å²) in [6.45, 7) is 1.83. The summed E-state index contributed by atoms with van der Waals surface area (Å²) in [6, 6.07) is 5.62. The number of carbonyl (C=O) groups is 1. The maximum absolute atomic E-state index is 13.0. The number of nitrogens with zero attached hydrogens (tertiary/aromatic N) is 2. The molecule has 0 spiro atoms. The molecule has 2 fully saturated rings. The molecule has 0 atom stereocenters. The molecule has 0 saturated heterocycles. The van der Waals surface area contributed by atoms with Gasteiger partial charge in [-0.25, -0.2) is 0 Å². The zero-order valence-electron chi connectivity index (χ0n) is 13.0. The van der Waals surface area contributed by atoms with Gasteiger partial charge in [-0.05, 0) is 55.7 Å². The van der Waals surface area contributed by atoms with E-state index in [-0.39, 0.29) is 5.91 Å². The first-order chi connectivity index (χ1) is 10.0. The molecule has 2 N–H and O–H groups in total. The highest BCUT2D eigenvalue weighted by atomic mass is 16.2. The Hall–Kier alpha value is -1.71. The summed E-state index contributed by atoms with van der Waals surface area (Å²) in [6.07, 6.45) is 5.08. The van der Waals surface area contributed by atoms with Gasteiger partial charge in [-0.3, -0.25) is 4.79 Å². The van der Waals surface area contributed by atoms with Crippen molar-refractivity contribution in [2.24, 2.45) is 11.8 Å². The molecule has 4 nitrogen and oxygen atoms in total. The second kappa shape index (κ2) is 5.58. The number of nitrogen functional groups attached to an aromatic ring is 1. The summed E-state index contributed by atoms with van der Waals surface area (Å²) in [7, 11) is 3.93. The highest BCUT2D eigenvalue weighted by Crippen LogP contribution is 2.35. The summed E-state index contributed by atoms with van der Waals surface area (Å²) in [5.74, 6) is 1.58. The number of amides is 1. The minimum absolute atomic E-state index is 0.143. The summed E-state index contributed by atoms with van der Waals surface area (Å²) < 4.78 is 0. The van der Waals surface area contributed by atoms with Gasteiger partial charge in [0.15, 0.2) is 0 Å². The highest BCUT2D eigenvalue weighted by Gasteiger charge is 2.32. The molecular formula is C17H25N3O. The Labute approximate surface area is 126 Å². The first-order valence-electron chi connectivity index (χ1n) is 7.90. The largest absolute Gasteiger partial charge is 0.399 e. The Morgan fingerprint density at radius 3 is 2.19 bits per heavy atom. The van der Waals surface area contributed by atoms with Crippen molar-refractivity contribution in [3.8, 4) is 0 Å². The van der Waals surface area contributed by atoms with Crippen molar-refractivity contribution in [1.29, 1.82) is 0 Å². The lowest BCUT2D eigenvalue weighted by Crippen LogP contribution is -2.35. The maximum atomic E-state index is 13.0. The molecule has 1 amide bonds. The molecule has 2 saturated carbocycles. The van der Waals surface area contributed by atoms with Crippen LogP contribution in [0.4, 0.5) is 11.4 Å². The van der Waals surface area contributed by atoms with Crippen molar-refractivity contribution in [3.05, 3.63) is 23.8 Å². The highest BCUT2D eigenvalue weighted by molar-refractivity contribution is 6.00. The fraction of sp³-hybridized carbons (Fsp3) is 0.588. The Balaban J connectivity index is 1.84. The van der Waals surface area contributed by atoms with E-state index in [0.717, 1.165) is 36.2 Å². The standard InChI is InChI=1S/C17H25N3O/c1-19(2)16-8-7-14(18)9-15(16)17(21)20(10-12-3-4-12)11-13-5-6-13/h7-9,12-13H,3-6,10-11,18H2,1-2H3. The van der Waals surface area contributed by atoms with Gasteiger partial charge in [-0.1, -0.05) is 0 Å². The Morgan fingerprint density at radius 1 is 1.14 bits per heavy atom. The van der Waals surface area contributed by atoms with E-state index in [9.17, 15) is 4.79 Å². The molecule has 0 heterocycles. The van der Waals surface area contributed by atoms with Crippen LogP contribution in [-0.2, 0) is 0 Å². The van der Waals surface area contributed by atoms with Crippen LogP contribution in [0.1, 0.15) is 36.0 Å². The molecule has 0 unspecified atom stereocenters. The molecule has 1 aromatic rings. The van der Waals surface area contributed by atoms with Gasteiger partial charge in [0.25, 0.3) is 5.91 Å². The van der Waals surface area contributed by atoms with E-state index in [4.69, 9.17) is 5.73 Å². The molecule has 114 valence electrons. The number of rotatable bonds is 6. The normalized spacial score (nSPS) is 17.6. The number of benzene rings is 1. The molecule has 2 aliphatic rings. The maximum Gasteiger partial charge on any atom is 0.256 e. The first-order valence-corrected chi connectivity index (χ1v) is 7.90. The minimum Gasteiger partial charge on any atom is -0.399 e. The van der Waals surface area contributed by atoms with Crippen LogP contribution in [0.3, 0.4) is 0 Å². The lowest BCUT2D eigenvalue weighted by molar-refractivity contribution is 0.0740. The zero-order chi connectivity index (χ0) is 15.0. The third-order valence-electron chi connectivity index (χ3n) is 4.37. The summed E-state index contributed by atoms with van der Waals surface area (Å²) >= 11 is 0. The van der Waals surface area contributed by atoms with Crippen LogP contribution in [0.2, 0.25) is 0 Å². The smallest absolute Gasteiger partial charge is 0.256 e. The molecular weight excluding hydrogens is 262 g/mol. The molecule has 1 aromatic carbocycles. The van der Waals surface area contributed by atoms with Gasteiger partial charge in [-0.15, -0.1) is 0 Å². The van der Waals surface area contributed by atoms with E-state index in [2.05, 4.69) is 4.90 Å². The molecule has 0 bridgehead atoms. The van der Waals surface area contributed by atoms with Gasteiger partial charge in [0.1, 0.15) is 0 Å². The Morgan fingerprint density at radius 2 is 1.71 bits per heavy atom. The monoisotopic (exact) mass is 287 g/mol. The van der Waals surface area contributed by atoms with Gasteiger partial charge in [-0.2, -0.15) is 0 Å². The van der Waals surface area contributed by atoms with E-state index in [0.29, 0.717) is 5.69 Å². The predicted octanol–water partition coefficient (Wildman–Crippen LogP) is 2.60. The Kier molecular flexibility index (Phi) is 3.79. The van der Waals surface area contributed by atoms with Crippen molar-refractivity contribution >= 4 is 17.3 Å². The third-order valence-corrected chi connectivity index (χ3v) is 4.37. The van der Waals surface area contributed by atoms with Crippen LogP contribution in [0.5, 0.6) is 0 Å². The van der Waals surface area contributed by atoms with Crippen LogP contribution in [-0.4, -0.2) is 38.0 Å². The minimum atomic E-state index is 0.143. The second-order valence-corrected chi connectivity index (χ2v) is 6.77. The van der Waals surface area contributed by atoms with Crippen LogP contribution < -0.4 is 10.6 Å². The second-order valence-electron chi connectivity index (χ2n) is 6.77. The number of hydrogen-bond donors (Lipinski definition) is 1. The van der Waals surface area contributed by atoms with Gasteiger partial charge in [0, 0.05) is 38.6 Å². The first kappa shape index (κ1) is 14.2. The average Bonchev–Trinajstić information content (AvgIpc) is 3.32. The number of nitrogens with two attached hydrogens (primary N) is 1. The summed E-state index contributed by atoms with van der Waals surface area (Å²) in [5.41, 5.74) is 8.25. The lowest BCUT2D eigenvalue weighted by Gasteiger charge is -2.25. The fourth-order valence-electron chi connectivity index (χ4n) is 2.75. The summed E-state index contributed by atoms with van der Waals surface area (Å²) in [4.78, 5) is 17.0. The molecule has 0 aliphatic heterocycles. The molecule has 4 heteroatoms. The predicted molar refractivity (Wildman–Crippen MR) is 86.5 cm³/mol. The van der Waals surface area contributed by atoms with Crippen molar-refractivity contribution in [1.82, 2.24) is 4.90 Å². The van der Waals surface area contributed by atoms with Crippen LogP contribution in [0, 0.1) is 11.8 Å². The molecule has 21 heavy (non-hydrogen) atoms. The molecule has 3 rings (SSSR count). The van der Waals surface area contributed by atoms with Crippen molar-refractivity contribution in [3.63, 3.8) is 0 Å². The van der Waals surface area contributed by atoms with E-state index in [1.54, 1.807) is 0 Å². The van der Waals surface area contributed by atoms with Crippen LogP contribution >= 0.6 is 0 Å². The average molecular weight is 287 g/mol.